The normalized spacial score (nSPS) is 16.5. The molecule has 1 amide bonds. The van der Waals surface area contributed by atoms with Gasteiger partial charge >= 0.3 is 0 Å². The minimum atomic E-state index is -0.597. The summed E-state index contributed by atoms with van der Waals surface area (Å²) in [6.07, 6.45) is -0.597. The fourth-order valence-corrected chi connectivity index (χ4v) is 2.72. The van der Waals surface area contributed by atoms with Crippen LogP contribution in [0.15, 0.2) is 53.1 Å². The first kappa shape index (κ1) is 15.3. The van der Waals surface area contributed by atoms with Gasteiger partial charge < -0.3 is 9.26 Å². The molecule has 0 saturated carbocycles. The predicted octanol–water partition coefficient (Wildman–Crippen LogP) is 3.19. The van der Waals surface area contributed by atoms with Crippen molar-refractivity contribution in [1.82, 2.24) is 10.1 Å². The molecule has 2 heterocycles. The van der Waals surface area contributed by atoms with E-state index in [0.29, 0.717) is 17.0 Å². The van der Waals surface area contributed by atoms with E-state index in [9.17, 15) is 9.18 Å². The van der Waals surface area contributed by atoms with Crippen molar-refractivity contribution in [3.8, 4) is 17.1 Å². The van der Waals surface area contributed by atoms with Gasteiger partial charge in [0.1, 0.15) is 18.1 Å². The molecule has 1 atom stereocenters. The lowest BCUT2D eigenvalue weighted by Gasteiger charge is -2.31. The fourth-order valence-electron chi connectivity index (χ4n) is 2.72. The Morgan fingerprint density at radius 3 is 2.88 bits per heavy atom. The van der Waals surface area contributed by atoms with Crippen LogP contribution in [0.5, 0.6) is 5.75 Å². The van der Waals surface area contributed by atoms with Crippen molar-refractivity contribution in [2.24, 2.45) is 0 Å². The molecule has 6 nitrogen and oxygen atoms in total. The summed E-state index contributed by atoms with van der Waals surface area (Å²) in [5.41, 5.74) is 1.16. The number of fused-ring (bicyclic) bond motifs is 1. The monoisotopic (exact) mass is 339 g/mol. The third kappa shape index (κ3) is 2.84. The molecule has 0 spiro atoms. The van der Waals surface area contributed by atoms with Gasteiger partial charge in [-0.3, -0.25) is 9.69 Å². The highest BCUT2D eigenvalue weighted by molar-refractivity contribution is 5.99. The molecule has 0 aliphatic carbocycles. The lowest BCUT2D eigenvalue weighted by Crippen LogP contribution is -2.44. The molecule has 0 unspecified atom stereocenters. The van der Waals surface area contributed by atoms with E-state index >= 15 is 0 Å². The molecule has 1 aliphatic heterocycles. The number of aromatic nitrogens is 2. The first-order valence-corrected chi connectivity index (χ1v) is 7.77. The summed E-state index contributed by atoms with van der Waals surface area (Å²) in [5, 5.41) is 3.87. The maximum absolute atomic E-state index is 13.3. The molecule has 3 aromatic rings. The Hall–Kier alpha value is -3.22. The number of nitrogens with zero attached hydrogens (tertiary/aromatic N) is 3. The SMILES string of the molecule is C[C@@H]1Oc2ccccc2N(Cc2nc(-c3cccc(F)c3)no2)C1=O. The number of amides is 1. The summed E-state index contributed by atoms with van der Waals surface area (Å²) < 4.78 is 24.2. The Morgan fingerprint density at radius 2 is 2.04 bits per heavy atom. The van der Waals surface area contributed by atoms with Crippen LogP contribution in [-0.2, 0) is 11.3 Å². The number of carbonyl (C=O) groups excluding carboxylic acids is 1. The van der Waals surface area contributed by atoms with Crippen LogP contribution in [0.4, 0.5) is 10.1 Å². The van der Waals surface area contributed by atoms with E-state index in [1.54, 1.807) is 36.1 Å². The van der Waals surface area contributed by atoms with Crippen LogP contribution >= 0.6 is 0 Å². The highest BCUT2D eigenvalue weighted by atomic mass is 19.1. The molecule has 0 fully saturated rings. The molecule has 7 heteroatoms. The lowest BCUT2D eigenvalue weighted by molar-refractivity contribution is -0.125. The minimum Gasteiger partial charge on any atom is -0.479 e. The van der Waals surface area contributed by atoms with Gasteiger partial charge in [-0.15, -0.1) is 0 Å². The Labute approximate surface area is 142 Å². The molecule has 1 aromatic heterocycles. The van der Waals surface area contributed by atoms with Gasteiger partial charge in [-0.2, -0.15) is 4.98 Å². The van der Waals surface area contributed by atoms with Gasteiger partial charge in [0.25, 0.3) is 5.91 Å². The van der Waals surface area contributed by atoms with E-state index < -0.39 is 6.10 Å². The standard InChI is InChI=1S/C18H14FN3O3/c1-11-18(23)22(14-7-2-3-8-15(14)24-11)10-16-20-17(21-25-16)12-5-4-6-13(19)9-12/h2-9,11H,10H2,1H3/t11-/m0/s1. The third-order valence-electron chi connectivity index (χ3n) is 3.92. The first-order chi connectivity index (χ1) is 12.1. The molecule has 126 valence electrons. The molecular weight excluding hydrogens is 325 g/mol. The largest absolute Gasteiger partial charge is 0.479 e. The second-order valence-corrected chi connectivity index (χ2v) is 5.67. The van der Waals surface area contributed by atoms with Gasteiger partial charge in [-0.1, -0.05) is 29.4 Å². The number of rotatable bonds is 3. The third-order valence-corrected chi connectivity index (χ3v) is 3.92. The Balaban J connectivity index is 1.63. The van der Waals surface area contributed by atoms with Gasteiger partial charge in [0.2, 0.25) is 11.7 Å². The molecule has 0 radical (unpaired) electrons. The quantitative estimate of drug-likeness (QED) is 0.733. The first-order valence-electron chi connectivity index (χ1n) is 7.77. The van der Waals surface area contributed by atoms with Crippen molar-refractivity contribution in [1.29, 1.82) is 0 Å². The summed E-state index contributed by atoms with van der Waals surface area (Å²) in [5.74, 6) is 0.590. The number of benzene rings is 2. The van der Waals surface area contributed by atoms with Gasteiger partial charge in [-0.05, 0) is 31.2 Å². The number of hydrogen-bond acceptors (Lipinski definition) is 5. The molecule has 1 aliphatic rings. The number of carbonyl (C=O) groups is 1. The Bertz CT molecular complexity index is 941. The maximum atomic E-state index is 13.3. The molecule has 2 aromatic carbocycles. The van der Waals surface area contributed by atoms with Crippen LogP contribution in [0.1, 0.15) is 12.8 Å². The molecule has 0 bridgehead atoms. The van der Waals surface area contributed by atoms with Crippen molar-refractivity contribution in [2.75, 3.05) is 4.90 Å². The summed E-state index contributed by atoms with van der Waals surface area (Å²) in [6, 6.07) is 13.2. The zero-order valence-electron chi connectivity index (χ0n) is 13.3. The van der Waals surface area contributed by atoms with E-state index in [1.807, 2.05) is 12.1 Å². The second-order valence-electron chi connectivity index (χ2n) is 5.67. The lowest BCUT2D eigenvalue weighted by atomic mass is 10.2. The summed E-state index contributed by atoms with van der Waals surface area (Å²) in [7, 11) is 0. The van der Waals surface area contributed by atoms with Crippen molar-refractivity contribution in [2.45, 2.75) is 19.6 Å². The minimum absolute atomic E-state index is 0.117. The number of anilines is 1. The summed E-state index contributed by atoms with van der Waals surface area (Å²) >= 11 is 0. The smallest absolute Gasteiger partial charge is 0.268 e. The van der Waals surface area contributed by atoms with Crippen molar-refractivity contribution < 1.29 is 18.4 Å². The van der Waals surface area contributed by atoms with Crippen LogP contribution in [0.3, 0.4) is 0 Å². The second kappa shape index (κ2) is 6.01. The highest BCUT2D eigenvalue weighted by Gasteiger charge is 2.32. The molecule has 25 heavy (non-hydrogen) atoms. The molecule has 4 rings (SSSR count). The Kier molecular flexibility index (Phi) is 3.68. The number of para-hydroxylation sites is 2. The van der Waals surface area contributed by atoms with Crippen LogP contribution in [0.25, 0.3) is 11.4 Å². The van der Waals surface area contributed by atoms with Gasteiger partial charge in [-0.25, -0.2) is 4.39 Å². The number of halogens is 1. The van der Waals surface area contributed by atoms with Crippen molar-refractivity contribution >= 4 is 11.6 Å². The van der Waals surface area contributed by atoms with Crippen molar-refractivity contribution in [3.63, 3.8) is 0 Å². The van der Waals surface area contributed by atoms with Gasteiger partial charge in [0.15, 0.2) is 6.10 Å². The van der Waals surface area contributed by atoms with E-state index in [1.165, 1.54) is 12.1 Å². The molecule has 0 N–H and O–H groups in total. The predicted molar refractivity (Wildman–Crippen MR) is 87.4 cm³/mol. The van der Waals surface area contributed by atoms with Crippen LogP contribution in [0.2, 0.25) is 0 Å². The van der Waals surface area contributed by atoms with Crippen LogP contribution < -0.4 is 9.64 Å². The maximum Gasteiger partial charge on any atom is 0.268 e. The average Bonchev–Trinajstić information content (AvgIpc) is 3.08. The van der Waals surface area contributed by atoms with Gasteiger partial charge in [0.05, 0.1) is 5.69 Å². The number of hydrogen-bond donors (Lipinski definition) is 0. The van der Waals surface area contributed by atoms with Crippen LogP contribution in [-0.4, -0.2) is 22.2 Å². The summed E-state index contributed by atoms with van der Waals surface area (Å²) in [6.45, 7) is 1.81. The fraction of sp³-hybridized carbons (Fsp3) is 0.167. The Morgan fingerprint density at radius 1 is 1.20 bits per heavy atom. The topological polar surface area (TPSA) is 68.5 Å². The average molecular weight is 339 g/mol. The van der Waals surface area contributed by atoms with E-state index in [0.717, 1.165) is 0 Å². The van der Waals surface area contributed by atoms with Crippen molar-refractivity contribution in [3.05, 3.63) is 60.2 Å². The number of ether oxygens (including phenoxy) is 1. The zero-order chi connectivity index (χ0) is 17.4. The summed E-state index contributed by atoms with van der Waals surface area (Å²) in [4.78, 5) is 18.3. The van der Waals surface area contributed by atoms with E-state index in [2.05, 4.69) is 10.1 Å². The molecular formula is C18H14FN3O3. The van der Waals surface area contributed by atoms with Gasteiger partial charge in [0, 0.05) is 5.56 Å². The zero-order valence-corrected chi connectivity index (χ0v) is 13.3. The highest BCUT2D eigenvalue weighted by Crippen LogP contribution is 2.34. The molecule has 0 saturated heterocycles. The van der Waals surface area contributed by atoms with Crippen LogP contribution in [0, 0.1) is 5.82 Å². The van der Waals surface area contributed by atoms with E-state index in [-0.39, 0.29) is 30.0 Å². The van der Waals surface area contributed by atoms with E-state index in [4.69, 9.17) is 9.26 Å².